The van der Waals surface area contributed by atoms with E-state index >= 15 is 0 Å². The molecule has 0 aliphatic heterocycles. The molecule has 0 spiro atoms. The fraction of sp³-hybridized carbons (Fsp3) is 0.455. The Morgan fingerprint density at radius 2 is 2.07 bits per heavy atom. The first-order valence-electron chi connectivity index (χ1n) is 4.47. The average Bonchev–Trinajstić information content (AvgIpc) is 2.17. The number of ether oxygens (including phenoxy) is 1. The van der Waals surface area contributed by atoms with Crippen LogP contribution < -0.4 is 4.74 Å². The lowest BCUT2D eigenvalue weighted by atomic mass is 9.85. The highest BCUT2D eigenvalue weighted by molar-refractivity contribution is 9.10. The highest BCUT2D eigenvalue weighted by Gasteiger charge is 2.25. The van der Waals surface area contributed by atoms with Gasteiger partial charge in [0.15, 0.2) is 0 Å². The molecule has 1 N–H and O–H groups in total. The molecule has 1 aromatic rings. The molecule has 0 radical (unpaired) electrons. The molecule has 3 heteroatoms. The quantitative estimate of drug-likeness (QED) is 0.904. The second kappa shape index (κ2) is 4.32. The molecule has 0 amide bonds. The summed E-state index contributed by atoms with van der Waals surface area (Å²) in [5.41, 5.74) is 0.704. The lowest BCUT2D eigenvalue weighted by Crippen LogP contribution is -2.23. The SMILES string of the molecule is COc1cccc(Br)c1C(C)(C)CO. The molecule has 0 heterocycles. The summed E-state index contributed by atoms with van der Waals surface area (Å²) in [6, 6.07) is 5.77. The predicted molar refractivity (Wildman–Crippen MR) is 60.8 cm³/mol. The van der Waals surface area contributed by atoms with Crippen LogP contribution in [0.15, 0.2) is 22.7 Å². The van der Waals surface area contributed by atoms with Gasteiger partial charge >= 0.3 is 0 Å². The standard InChI is InChI=1S/C11H15BrO2/c1-11(2,7-13)10-8(12)5-4-6-9(10)14-3/h4-6,13H,7H2,1-3H3. The Kier molecular flexibility index (Phi) is 3.56. The second-order valence-corrected chi connectivity index (χ2v) is 4.71. The Bertz CT molecular complexity index is 321. The molecule has 0 bridgehead atoms. The van der Waals surface area contributed by atoms with Gasteiger partial charge in [-0.05, 0) is 12.1 Å². The minimum atomic E-state index is -0.300. The van der Waals surface area contributed by atoms with Gasteiger partial charge in [0.1, 0.15) is 5.75 Å². The van der Waals surface area contributed by atoms with E-state index in [9.17, 15) is 5.11 Å². The highest BCUT2D eigenvalue weighted by Crippen LogP contribution is 2.36. The van der Waals surface area contributed by atoms with E-state index in [4.69, 9.17) is 4.74 Å². The first-order chi connectivity index (χ1) is 6.53. The van der Waals surface area contributed by atoms with E-state index in [0.717, 1.165) is 15.8 Å². The van der Waals surface area contributed by atoms with Crippen LogP contribution in [0.4, 0.5) is 0 Å². The zero-order valence-corrected chi connectivity index (χ0v) is 10.3. The maximum Gasteiger partial charge on any atom is 0.123 e. The Morgan fingerprint density at radius 1 is 1.43 bits per heavy atom. The van der Waals surface area contributed by atoms with Gasteiger partial charge in [-0.3, -0.25) is 0 Å². The topological polar surface area (TPSA) is 29.5 Å². The zero-order valence-electron chi connectivity index (χ0n) is 8.67. The van der Waals surface area contributed by atoms with Crippen LogP contribution in [0.3, 0.4) is 0 Å². The Morgan fingerprint density at radius 3 is 2.57 bits per heavy atom. The lowest BCUT2D eigenvalue weighted by molar-refractivity contribution is 0.214. The van der Waals surface area contributed by atoms with Crippen LogP contribution >= 0.6 is 15.9 Å². The number of benzene rings is 1. The molecule has 14 heavy (non-hydrogen) atoms. The molecule has 78 valence electrons. The van der Waals surface area contributed by atoms with Gasteiger partial charge < -0.3 is 9.84 Å². The number of halogens is 1. The van der Waals surface area contributed by atoms with E-state index in [2.05, 4.69) is 15.9 Å². The monoisotopic (exact) mass is 258 g/mol. The number of hydrogen-bond acceptors (Lipinski definition) is 2. The largest absolute Gasteiger partial charge is 0.496 e. The van der Waals surface area contributed by atoms with Gasteiger partial charge in [0.2, 0.25) is 0 Å². The highest BCUT2D eigenvalue weighted by atomic mass is 79.9. The van der Waals surface area contributed by atoms with Gasteiger partial charge in [0.05, 0.1) is 13.7 Å². The molecule has 2 nitrogen and oxygen atoms in total. The molecule has 0 aliphatic rings. The van der Waals surface area contributed by atoms with Crippen molar-refractivity contribution in [1.29, 1.82) is 0 Å². The number of rotatable bonds is 3. The molecule has 1 aromatic carbocycles. The summed E-state index contributed by atoms with van der Waals surface area (Å²) < 4.78 is 6.24. The van der Waals surface area contributed by atoms with E-state index in [0.29, 0.717) is 0 Å². The molecular formula is C11H15BrO2. The van der Waals surface area contributed by atoms with Gasteiger partial charge in [0.25, 0.3) is 0 Å². The van der Waals surface area contributed by atoms with Crippen LogP contribution in [0, 0.1) is 0 Å². The van der Waals surface area contributed by atoms with Crippen molar-refractivity contribution in [1.82, 2.24) is 0 Å². The Balaban J connectivity index is 3.30. The van der Waals surface area contributed by atoms with Crippen molar-refractivity contribution in [3.05, 3.63) is 28.2 Å². The van der Waals surface area contributed by atoms with E-state index < -0.39 is 0 Å². The summed E-state index contributed by atoms with van der Waals surface area (Å²) in [5, 5.41) is 9.32. The number of aliphatic hydroxyl groups is 1. The van der Waals surface area contributed by atoms with Crippen molar-refractivity contribution in [2.24, 2.45) is 0 Å². The Labute approximate surface area is 93.0 Å². The number of aliphatic hydroxyl groups excluding tert-OH is 1. The van der Waals surface area contributed by atoms with Crippen LogP contribution in [0.2, 0.25) is 0 Å². The van der Waals surface area contributed by atoms with E-state index in [1.165, 1.54) is 0 Å². The summed E-state index contributed by atoms with van der Waals surface area (Å²) in [6.07, 6.45) is 0. The summed E-state index contributed by atoms with van der Waals surface area (Å²) in [4.78, 5) is 0. The molecule has 0 saturated heterocycles. The van der Waals surface area contributed by atoms with E-state index in [-0.39, 0.29) is 12.0 Å². The average molecular weight is 259 g/mol. The molecule has 0 unspecified atom stereocenters. The fourth-order valence-electron chi connectivity index (χ4n) is 1.41. The van der Waals surface area contributed by atoms with E-state index in [1.807, 2.05) is 32.0 Å². The summed E-state index contributed by atoms with van der Waals surface area (Å²) in [6.45, 7) is 4.05. The molecule has 0 atom stereocenters. The maximum atomic E-state index is 9.32. The lowest BCUT2D eigenvalue weighted by Gasteiger charge is -2.25. The van der Waals surface area contributed by atoms with Crippen LogP contribution in [0.5, 0.6) is 5.75 Å². The van der Waals surface area contributed by atoms with Crippen molar-refractivity contribution in [2.75, 3.05) is 13.7 Å². The smallest absolute Gasteiger partial charge is 0.123 e. The van der Waals surface area contributed by atoms with Crippen molar-refractivity contribution >= 4 is 15.9 Å². The fourth-order valence-corrected chi connectivity index (χ4v) is 2.29. The van der Waals surface area contributed by atoms with Gasteiger partial charge in [-0.1, -0.05) is 35.8 Å². The molecular weight excluding hydrogens is 244 g/mol. The summed E-state index contributed by atoms with van der Waals surface area (Å²) in [7, 11) is 1.64. The molecule has 0 aromatic heterocycles. The molecule has 0 fully saturated rings. The van der Waals surface area contributed by atoms with Gasteiger partial charge in [-0.25, -0.2) is 0 Å². The molecule has 1 rings (SSSR count). The van der Waals surface area contributed by atoms with Gasteiger partial charge in [-0.2, -0.15) is 0 Å². The first kappa shape index (κ1) is 11.5. The van der Waals surface area contributed by atoms with Gasteiger partial charge in [-0.15, -0.1) is 0 Å². The normalized spacial score (nSPS) is 11.5. The first-order valence-corrected chi connectivity index (χ1v) is 5.26. The summed E-state index contributed by atoms with van der Waals surface area (Å²) >= 11 is 3.47. The van der Waals surface area contributed by atoms with Crippen LogP contribution in [-0.4, -0.2) is 18.8 Å². The van der Waals surface area contributed by atoms with Crippen LogP contribution in [0.25, 0.3) is 0 Å². The molecule has 0 saturated carbocycles. The van der Waals surface area contributed by atoms with Crippen molar-refractivity contribution in [3.8, 4) is 5.75 Å². The van der Waals surface area contributed by atoms with Crippen molar-refractivity contribution in [3.63, 3.8) is 0 Å². The van der Waals surface area contributed by atoms with Gasteiger partial charge in [0, 0.05) is 15.5 Å². The third-order valence-electron chi connectivity index (χ3n) is 2.27. The molecule has 0 aliphatic carbocycles. The maximum absolute atomic E-state index is 9.32. The second-order valence-electron chi connectivity index (χ2n) is 3.86. The Hall–Kier alpha value is -0.540. The minimum absolute atomic E-state index is 0.0893. The predicted octanol–water partition coefficient (Wildman–Crippen LogP) is 2.73. The van der Waals surface area contributed by atoms with Crippen molar-refractivity contribution < 1.29 is 9.84 Å². The summed E-state index contributed by atoms with van der Waals surface area (Å²) in [5.74, 6) is 0.804. The number of methoxy groups -OCH3 is 1. The van der Waals surface area contributed by atoms with E-state index in [1.54, 1.807) is 7.11 Å². The van der Waals surface area contributed by atoms with Crippen molar-refractivity contribution in [2.45, 2.75) is 19.3 Å². The zero-order chi connectivity index (χ0) is 10.8. The minimum Gasteiger partial charge on any atom is -0.496 e. The van der Waals surface area contributed by atoms with Crippen LogP contribution in [0.1, 0.15) is 19.4 Å². The number of hydrogen-bond donors (Lipinski definition) is 1. The van der Waals surface area contributed by atoms with Crippen LogP contribution in [-0.2, 0) is 5.41 Å². The third-order valence-corrected chi connectivity index (χ3v) is 2.93. The third kappa shape index (κ3) is 2.10.